The second kappa shape index (κ2) is 16.3. The van der Waals surface area contributed by atoms with Gasteiger partial charge in [-0.2, -0.15) is 26.3 Å². The summed E-state index contributed by atoms with van der Waals surface area (Å²) in [5.74, 6) is 0.180. The molecule has 0 bridgehead atoms. The molecule has 6 rings (SSSR count). The molecule has 282 valence electrons. The van der Waals surface area contributed by atoms with Crippen molar-refractivity contribution in [2.45, 2.75) is 108 Å². The Morgan fingerprint density at radius 3 is 2.08 bits per heavy atom. The highest BCUT2D eigenvalue weighted by Crippen LogP contribution is 2.39. The van der Waals surface area contributed by atoms with Crippen molar-refractivity contribution < 1.29 is 40.6 Å². The average Bonchev–Trinajstić information content (AvgIpc) is 3.14. The number of rotatable bonds is 9. The number of ether oxygens (including phenoxy) is 2. The van der Waals surface area contributed by atoms with Crippen molar-refractivity contribution in [3.05, 3.63) is 83.2 Å². The Morgan fingerprint density at radius 1 is 0.865 bits per heavy atom. The first-order chi connectivity index (χ1) is 24.9. The molecular formula is C38H45F6N5O3. The molecule has 3 aromatic rings. The first kappa shape index (κ1) is 37.7. The fourth-order valence-electron chi connectivity index (χ4n) is 7.74. The second-order valence-electron chi connectivity index (χ2n) is 14.0. The summed E-state index contributed by atoms with van der Waals surface area (Å²) in [6, 6.07) is 10.2. The third-order valence-corrected chi connectivity index (χ3v) is 10.4. The van der Waals surface area contributed by atoms with Gasteiger partial charge < -0.3 is 24.2 Å². The fraction of sp³-hybridized carbons (Fsp3) is 0.553. The molecule has 0 radical (unpaired) electrons. The van der Waals surface area contributed by atoms with Crippen molar-refractivity contribution in [1.82, 2.24) is 14.9 Å². The predicted octanol–water partition coefficient (Wildman–Crippen LogP) is 8.68. The molecule has 14 heteroatoms. The van der Waals surface area contributed by atoms with Crippen molar-refractivity contribution in [2.24, 2.45) is 0 Å². The smallest absolute Gasteiger partial charge is 0.416 e. The minimum absolute atomic E-state index is 0.140. The van der Waals surface area contributed by atoms with Gasteiger partial charge in [-0.25, -0.2) is 14.8 Å². The molecule has 3 fully saturated rings. The highest BCUT2D eigenvalue weighted by Gasteiger charge is 2.43. The molecule has 1 aliphatic carbocycles. The van der Waals surface area contributed by atoms with E-state index in [0.29, 0.717) is 52.0 Å². The first-order valence-electron chi connectivity index (χ1n) is 18.1. The van der Waals surface area contributed by atoms with Gasteiger partial charge in [-0.05, 0) is 80.7 Å². The minimum Gasteiger partial charge on any atom is -0.446 e. The zero-order chi connectivity index (χ0) is 36.9. The Morgan fingerprint density at radius 2 is 1.48 bits per heavy atom. The fourth-order valence-corrected chi connectivity index (χ4v) is 7.74. The van der Waals surface area contributed by atoms with E-state index in [-0.39, 0.29) is 48.4 Å². The number of benzene rings is 2. The Balaban J connectivity index is 1.37. The van der Waals surface area contributed by atoms with Crippen LogP contribution in [0.25, 0.3) is 0 Å². The van der Waals surface area contributed by atoms with Crippen LogP contribution in [0, 0.1) is 0 Å². The van der Waals surface area contributed by atoms with Gasteiger partial charge in [0.05, 0.1) is 42.4 Å². The zero-order valence-electron chi connectivity index (χ0n) is 29.2. The molecule has 52 heavy (non-hydrogen) atoms. The number of likely N-dealkylation sites (tertiary alicyclic amines) is 1. The normalized spacial score (nSPS) is 21.9. The number of amides is 1. The molecular weight excluding hydrogens is 688 g/mol. The molecule has 0 spiro atoms. The lowest BCUT2D eigenvalue weighted by Gasteiger charge is -2.48. The van der Waals surface area contributed by atoms with E-state index in [1.165, 1.54) is 0 Å². The third-order valence-electron chi connectivity index (χ3n) is 10.4. The van der Waals surface area contributed by atoms with Crippen molar-refractivity contribution in [1.29, 1.82) is 0 Å². The summed E-state index contributed by atoms with van der Waals surface area (Å²) >= 11 is 0. The number of anilines is 2. The van der Waals surface area contributed by atoms with Crippen molar-refractivity contribution in [2.75, 3.05) is 36.1 Å². The molecule has 3 heterocycles. The van der Waals surface area contributed by atoms with Crippen molar-refractivity contribution in [3.8, 4) is 0 Å². The van der Waals surface area contributed by atoms with E-state index in [0.717, 1.165) is 55.5 Å². The van der Waals surface area contributed by atoms with Crippen LogP contribution in [0.3, 0.4) is 0 Å². The van der Waals surface area contributed by atoms with Crippen LogP contribution in [0.4, 0.5) is 42.8 Å². The van der Waals surface area contributed by atoms with Crippen LogP contribution in [0.2, 0.25) is 0 Å². The highest BCUT2D eigenvalue weighted by atomic mass is 19.4. The SMILES string of the molecule is CC[C@@H]1C[C@H](N(Cc2cc(C(F)(F)F)cc(C(F)(F)F)c2)c2ncc(N3CCOCC3)cn2)C[C@H](Cc2ccccc2)N1C(=O)OC1CCCCC1. The van der Waals surface area contributed by atoms with E-state index in [1.54, 1.807) is 17.3 Å². The standard InChI is InChI=1S/C38H45F6N5O3/c1-2-30-21-31(22-32(19-26-9-5-3-6-10-26)49(30)36(50)52-34-11-7-4-8-12-34)48(35-45-23-33(24-46-35)47-13-15-51-16-14-47)25-27-17-28(37(39,40)41)20-29(18-27)38(42,43)44/h3,5-6,9-10,17-18,20,23-24,30-32,34H,2,4,7-8,11-16,19,21-22,25H2,1H3/t30-,31+,32+/m1/s1. The van der Waals surface area contributed by atoms with Gasteiger partial charge in [0, 0.05) is 37.8 Å². The van der Waals surface area contributed by atoms with E-state index >= 15 is 0 Å². The molecule has 1 saturated carbocycles. The monoisotopic (exact) mass is 733 g/mol. The van der Waals surface area contributed by atoms with Gasteiger partial charge in [0.1, 0.15) is 6.10 Å². The quantitative estimate of drug-likeness (QED) is 0.204. The number of carbonyl (C=O) groups excluding carboxylic acids is 1. The maximum absolute atomic E-state index is 14.0. The van der Waals surface area contributed by atoms with Crippen molar-refractivity contribution in [3.63, 3.8) is 0 Å². The summed E-state index contributed by atoms with van der Waals surface area (Å²) in [6.45, 7) is 3.99. The van der Waals surface area contributed by atoms with Crippen LogP contribution in [-0.2, 0) is 34.8 Å². The zero-order valence-corrected chi connectivity index (χ0v) is 29.2. The summed E-state index contributed by atoms with van der Waals surface area (Å²) in [6.07, 6.45) is -0.746. The molecule has 1 aromatic heterocycles. The predicted molar refractivity (Wildman–Crippen MR) is 184 cm³/mol. The molecule has 0 unspecified atom stereocenters. The van der Waals surface area contributed by atoms with Gasteiger partial charge in [0.2, 0.25) is 5.95 Å². The number of carbonyl (C=O) groups is 1. The number of halogens is 6. The molecule has 1 amide bonds. The number of hydrogen-bond donors (Lipinski definition) is 0. The van der Waals surface area contributed by atoms with Crippen LogP contribution in [-0.4, -0.2) is 71.5 Å². The Kier molecular flexibility index (Phi) is 11.8. The Hall–Kier alpha value is -4.07. The van der Waals surface area contributed by atoms with Crippen LogP contribution in [0.15, 0.2) is 60.9 Å². The second-order valence-corrected chi connectivity index (χ2v) is 14.0. The highest BCUT2D eigenvalue weighted by molar-refractivity contribution is 5.69. The van der Waals surface area contributed by atoms with Crippen molar-refractivity contribution >= 4 is 17.7 Å². The molecule has 8 nitrogen and oxygen atoms in total. The number of nitrogens with zero attached hydrogens (tertiary/aromatic N) is 5. The summed E-state index contributed by atoms with van der Waals surface area (Å²) < 4.78 is 95.2. The summed E-state index contributed by atoms with van der Waals surface area (Å²) in [5, 5.41) is 0. The van der Waals surface area contributed by atoms with E-state index in [4.69, 9.17) is 9.47 Å². The van der Waals surface area contributed by atoms with Gasteiger partial charge in [-0.15, -0.1) is 0 Å². The van der Waals surface area contributed by atoms with Crippen LogP contribution in [0.5, 0.6) is 0 Å². The van der Waals surface area contributed by atoms with Gasteiger partial charge in [-0.1, -0.05) is 43.7 Å². The number of morpholine rings is 1. The number of alkyl halides is 6. The lowest BCUT2D eigenvalue weighted by Crippen LogP contribution is -2.58. The van der Waals surface area contributed by atoms with Crippen LogP contribution in [0.1, 0.15) is 80.5 Å². The Labute approximate surface area is 300 Å². The van der Waals surface area contributed by atoms with Gasteiger partial charge in [-0.3, -0.25) is 0 Å². The van der Waals surface area contributed by atoms with Gasteiger partial charge >= 0.3 is 18.4 Å². The molecule has 3 atom stereocenters. The van der Waals surface area contributed by atoms with E-state index in [1.807, 2.05) is 42.2 Å². The molecule has 2 aromatic carbocycles. The van der Waals surface area contributed by atoms with Crippen LogP contribution >= 0.6 is 0 Å². The number of piperidine rings is 1. The van der Waals surface area contributed by atoms with E-state index < -0.39 is 29.5 Å². The largest absolute Gasteiger partial charge is 0.446 e. The number of hydrogen-bond acceptors (Lipinski definition) is 7. The molecule has 0 N–H and O–H groups in total. The van der Waals surface area contributed by atoms with Gasteiger partial charge in [0.15, 0.2) is 0 Å². The Bertz CT molecular complexity index is 1580. The van der Waals surface area contributed by atoms with E-state index in [2.05, 4.69) is 14.9 Å². The molecule has 2 aliphatic heterocycles. The topological polar surface area (TPSA) is 71.0 Å². The van der Waals surface area contributed by atoms with E-state index in [9.17, 15) is 31.1 Å². The lowest BCUT2D eigenvalue weighted by atomic mass is 9.86. The summed E-state index contributed by atoms with van der Waals surface area (Å²) in [4.78, 5) is 28.8. The van der Waals surface area contributed by atoms with Gasteiger partial charge in [0.25, 0.3) is 0 Å². The van der Waals surface area contributed by atoms with Crippen LogP contribution < -0.4 is 9.80 Å². The average molecular weight is 734 g/mol. The maximum atomic E-state index is 14.0. The summed E-state index contributed by atoms with van der Waals surface area (Å²) in [7, 11) is 0. The lowest BCUT2D eigenvalue weighted by molar-refractivity contribution is -0.143. The maximum Gasteiger partial charge on any atom is 0.416 e. The number of aromatic nitrogens is 2. The molecule has 3 aliphatic rings. The minimum atomic E-state index is -4.99. The first-order valence-corrected chi connectivity index (χ1v) is 18.1. The molecule has 2 saturated heterocycles. The summed E-state index contributed by atoms with van der Waals surface area (Å²) in [5.41, 5.74) is -1.21. The third kappa shape index (κ3) is 9.28.